The number of hydrogen-bond acceptors (Lipinski definition) is 9. The number of halogens is 2. The summed E-state index contributed by atoms with van der Waals surface area (Å²) >= 11 is 0. The topological polar surface area (TPSA) is 106 Å². The van der Waals surface area contributed by atoms with Gasteiger partial charge in [0.25, 0.3) is 0 Å². The molecular weight excluding hydrogens is 480 g/mol. The number of piperidine rings is 1. The molecule has 5 rings (SSSR count). The Hall–Kier alpha value is -3.34. The van der Waals surface area contributed by atoms with E-state index in [2.05, 4.69) is 45.8 Å². The van der Waals surface area contributed by atoms with Crippen molar-refractivity contribution in [2.45, 2.75) is 51.0 Å². The lowest BCUT2D eigenvalue weighted by molar-refractivity contribution is 0.219. The van der Waals surface area contributed by atoms with Crippen molar-refractivity contribution >= 4 is 12.0 Å². The van der Waals surface area contributed by atoms with Crippen LogP contribution in [0, 0.1) is 17.6 Å². The van der Waals surface area contributed by atoms with Crippen molar-refractivity contribution in [3.8, 4) is 5.75 Å². The summed E-state index contributed by atoms with van der Waals surface area (Å²) in [6.45, 7) is 9.29. The number of benzene rings is 1. The largest absolute Gasteiger partial charge is 0.490 e. The molecular formula is C26H33F2N7O2. The highest BCUT2D eigenvalue weighted by molar-refractivity contribution is 5.39. The van der Waals surface area contributed by atoms with Crippen LogP contribution >= 0.6 is 0 Å². The van der Waals surface area contributed by atoms with E-state index >= 15 is 0 Å². The number of ether oxygens (including phenoxy) is 1. The van der Waals surface area contributed by atoms with Crippen LogP contribution in [0.1, 0.15) is 50.9 Å². The third-order valence-corrected chi connectivity index (χ3v) is 7.08. The molecule has 2 unspecified atom stereocenters. The third kappa shape index (κ3) is 5.66. The molecule has 2 aromatic heterocycles. The summed E-state index contributed by atoms with van der Waals surface area (Å²) in [5.41, 5.74) is 6.40. The highest BCUT2D eigenvalue weighted by Crippen LogP contribution is 2.31. The van der Waals surface area contributed by atoms with Crippen molar-refractivity contribution in [2.75, 3.05) is 42.6 Å². The second kappa shape index (κ2) is 10.2. The Morgan fingerprint density at radius 3 is 2.49 bits per heavy atom. The SMILES string of the molecule is CC(C)(C)c1noc(N2CCC(COc3cnc(N4CC(N)C(c5cc(F)ccc5F)C4)nc3)CC2)n1. The fraction of sp³-hybridized carbons (Fsp3) is 0.538. The van der Waals surface area contributed by atoms with E-state index in [-0.39, 0.29) is 22.9 Å². The van der Waals surface area contributed by atoms with Gasteiger partial charge < -0.3 is 24.8 Å². The zero-order chi connectivity index (χ0) is 26.2. The van der Waals surface area contributed by atoms with Gasteiger partial charge in [-0.3, -0.25) is 0 Å². The van der Waals surface area contributed by atoms with Crippen LogP contribution < -0.4 is 20.3 Å². The molecule has 2 aliphatic heterocycles. The second-order valence-corrected chi connectivity index (χ2v) is 11.0. The first-order valence-electron chi connectivity index (χ1n) is 12.7. The molecule has 0 amide bonds. The second-order valence-electron chi connectivity index (χ2n) is 11.0. The van der Waals surface area contributed by atoms with Gasteiger partial charge in [0.2, 0.25) is 5.95 Å². The average Bonchev–Trinajstić information content (AvgIpc) is 3.53. The number of hydrogen-bond donors (Lipinski definition) is 1. The fourth-order valence-electron chi connectivity index (χ4n) is 4.82. The fourth-order valence-corrected chi connectivity index (χ4v) is 4.82. The first kappa shape index (κ1) is 25.3. The summed E-state index contributed by atoms with van der Waals surface area (Å²) in [7, 11) is 0. The molecule has 2 fully saturated rings. The van der Waals surface area contributed by atoms with Gasteiger partial charge in [-0.05, 0) is 42.5 Å². The van der Waals surface area contributed by atoms with Gasteiger partial charge in [-0.25, -0.2) is 18.7 Å². The summed E-state index contributed by atoms with van der Waals surface area (Å²) in [5, 5.41) is 4.12. The molecule has 11 heteroatoms. The Morgan fingerprint density at radius 2 is 1.81 bits per heavy atom. The summed E-state index contributed by atoms with van der Waals surface area (Å²) in [6, 6.07) is 3.70. The number of rotatable bonds is 6. The van der Waals surface area contributed by atoms with Gasteiger partial charge >= 0.3 is 6.01 Å². The molecule has 9 nitrogen and oxygen atoms in total. The Morgan fingerprint density at radius 1 is 1.08 bits per heavy atom. The number of aromatic nitrogens is 4. The molecule has 3 aromatic rings. The van der Waals surface area contributed by atoms with Crippen molar-refractivity contribution in [3.05, 3.63) is 53.6 Å². The van der Waals surface area contributed by atoms with E-state index in [9.17, 15) is 8.78 Å². The highest BCUT2D eigenvalue weighted by atomic mass is 19.1. The summed E-state index contributed by atoms with van der Waals surface area (Å²) in [6.07, 6.45) is 5.20. The first-order chi connectivity index (χ1) is 17.7. The molecule has 2 aliphatic rings. The van der Waals surface area contributed by atoms with Gasteiger partial charge in [0.15, 0.2) is 11.6 Å². The van der Waals surface area contributed by atoms with Crippen molar-refractivity contribution in [3.63, 3.8) is 0 Å². The van der Waals surface area contributed by atoms with Crippen LogP contribution in [0.5, 0.6) is 5.75 Å². The van der Waals surface area contributed by atoms with Crippen molar-refractivity contribution in [1.82, 2.24) is 20.1 Å². The molecule has 1 aromatic carbocycles. The van der Waals surface area contributed by atoms with Crippen LogP contribution in [-0.4, -0.2) is 58.9 Å². The van der Waals surface area contributed by atoms with Crippen LogP contribution in [-0.2, 0) is 5.41 Å². The van der Waals surface area contributed by atoms with E-state index in [1.807, 2.05) is 4.90 Å². The maximum atomic E-state index is 14.3. The van der Waals surface area contributed by atoms with E-state index in [0.29, 0.717) is 49.2 Å². The summed E-state index contributed by atoms with van der Waals surface area (Å²) in [5.74, 6) is 0.927. The minimum atomic E-state index is -0.477. The summed E-state index contributed by atoms with van der Waals surface area (Å²) in [4.78, 5) is 17.4. The van der Waals surface area contributed by atoms with Crippen LogP contribution in [0.4, 0.5) is 20.7 Å². The maximum Gasteiger partial charge on any atom is 0.324 e. The molecule has 0 spiro atoms. The Kier molecular flexibility index (Phi) is 6.98. The number of nitrogens with zero attached hydrogens (tertiary/aromatic N) is 6. The third-order valence-electron chi connectivity index (χ3n) is 7.08. The zero-order valence-corrected chi connectivity index (χ0v) is 21.4. The van der Waals surface area contributed by atoms with Crippen molar-refractivity contribution < 1.29 is 18.0 Å². The van der Waals surface area contributed by atoms with Gasteiger partial charge in [-0.1, -0.05) is 25.9 Å². The Bertz CT molecular complexity index is 1210. The van der Waals surface area contributed by atoms with Crippen LogP contribution in [0.25, 0.3) is 0 Å². The quantitative estimate of drug-likeness (QED) is 0.528. The molecule has 198 valence electrons. The lowest BCUT2D eigenvalue weighted by atomic mass is 9.94. The molecule has 37 heavy (non-hydrogen) atoms. The Labute approximate surface area is 215 Å². The van der Waals surface area contributed by atoms with Gasteiger partial charge in [-0.15, -0.1) is 0 Å². The van der Waals surface area contributed by atoms with Crippen LogP contribution in [0.2, 0.25) is 0 Å². The molecule has 2 N–H and O–H groups in total. The van der Waals surface area contributed by atoms with Gasteiger partial charge in [0, 0.05) is 43.6 Å². The smallest absolute Gasteiger partial charge is 0.324 e. The first-order valence-corrected chi connectivity index (χ1v) is 12.7. The number of nitrogens with two attached hydrogens (primary N) is 1. The molecule has 2 atom stereocenters. The van der Waals surface area contributed by atoms with E-state index in [1.165, 1.54) is 6.07 Å². The van der Waals surface area contributed by atoms with Gasteiger partial charge in [0.1, 0.15) is 11.6 Å². The van der Waals surface area contributed by atoms with Gasteiger partial charge in [-0.2, -0.15) is 4.98 Å². The molecule has 4 heterocycles. The van der Waals surface area contributed by atoms with E-state index in [0.717, 1.165) is 38.1 Å². The minimum Gasteiger partial charge on any atom is -0.490 e. The molecule has 0 saturated carbocycles. The maximum absolute atomic E-state index is 14.3. The molecule has 0 aliphatic carbocycles. The number of anilines is 2. The predicted molar refractivity (Wildman–Crippen MR) is 135 cm³/mol. The zero-order valence-electron chi connectivity index (χ0n) is 21.4. The highest BCUT2D eigenvalue weighted by Gasteiger charge is 2.34. The lowest BCUT2D eigenvalue weighted by Crippen LogP contribution is -2.35. The predicted octanol–water partition coefficient (Wildman–Crippen LogP) is 3.66. The van der Waals surface area contributed by atoms with Crippen molar-refractivity contribution in [2.24, 2.45) is 11.7 Å². The minimum absolute atomic E-state index is 0.146. The standard InChI is InChI=1S/C26H33F2N7O2/c1-26(2,3)23-32-25(37-33-23)34-8-6-16(7-9-34)15-36-18-11-30-24(31-12-18)35-13-20(22(29)14-35)19-10-17(27)4-5-21(19)28/h4-5,10-12,16,20,22H,6-9,13-15,29H2,1-3H3. The van der Waals surface area contributed by atoms with E-state index in [1.54, 1.807) is 12.4 Å². The molecule has 0 radical (unpaired) electrons. The van der Waals surface area contributed by atoms with Crippen LogP contribution in [0.15, 0.2) is 35.1 Å². The normalized spacial score (nSPS) is 21.0. The molecule has 0 bridgehead atoms. The lowest BCUT2D eigenvalue weighted by Gasteiger charge is -2.30. The van der Waals surface area contributed by atoms with Gasteiger partial charge in [0.05, 0.1) is 19.0 Å². The monoisotopic (exact) mass is 513 g/mol. The summed E-state index contributed by atoms with van der Waals surface area (Å²) < 4.78 is 39.4. The van der Waals surface area contributed by atoms with Crippen LogP contribution in [0.3, 0.4) is 0 Å². The van der Waals surface area contributed by atoms with E-state index < -0.39 is 11.6 Å². The average molecular weight is 514 g/mol. The van der Waals surface area contributed by atoms with E-state index in [4.69, 9.17) is 15.0 Å². The Balaban J connectivity index is 1.11. The molecule has 2 saturated heterocycles. The van der Waals surface area contributed by atoms with Crippen molar-refractivity contribution in [1.29, 1.82) is 0 Å².